The first-order valence-corrected chi connectivity index (χ1v) is 8.18. The van der Waals surface area contributed by atoms with Gasteiger partial charge in [0.25, 0.3) is 5.91 Å². The van der Waals surface area contributed by atoms with Gasteiger partial charge in [-0.1, -0.05) is 0 Å². The highest BCUT2D eigenvalue weighted by molar-refractivity contribution is 7.14. The highest BCUT2D eigenvalue weighted by atomic mass is 35.5. The third-order valence-electron chi connectivity index (χ3n) is 3.45. The van der Waals surface area contributed by atoms with Crippen LogP contribution in [0.15, 0.2) is 5.38 Å². The van der Waals surface area contributed by atoms with Gasteiger partial charge in [0.05, 0.1) is 0 Å². The lowest BCUT2D eigenvalue weighted by Gasteiger charge is -2.35. The molecule has 2 heterocycles. The van der Waals surface area contributed by atoms with E-state index in [-0.39, 0.29) is 54.6 Å². The van der Waals surface area contributed by atoms with E-state index >= 15 is 0 Å². The molecule has 3 N–H and O–H groups in total. The number of hydrogen-bond acceptors (Lipinski definition) is 6. The van der Waals surface area contributed by atoms with Crippen molar-refractivity contribution in [1.29, 1.82) is 0 Å². The van der Waals surface area contributed by atoms with Crippen molar-refractivity contribution in [1.82, 2.24) is 20.5 Å². The zero-order valence-corrected chi connectivity index (χ0v) is 16.2. The topological polar surface area (TPSA) is 86.4 Å². The minimum absolute atomic E-state index is 0. The molecule has 0 aromatic carbocycles. The Labute approximate surface area is 164 Å². The molecule has 1 aromatic rings. The number of piperazine rings is 1. The number of aromatic nitrogens is 1. The van der Waals surface area contributed by atoms with Crippen LogP contribution in [0, 0.1) is 0 Å². The first-order valence-electron chi connectivity index (χ1n) is 7.30. The molecule has 0 radical (unpaired) electrons. The van der Waals surface area contributed by atoms with Crippen LogP contribution in [0.5, 0.6) is 0 Å². The Balaban J connectivity index is 0.00000312. The number of amides is 2. The van der Waals surface area contributed by atoms with Gasteiger partial charge in [0.1, 0.15) is 11.7 Å². The van der Waals surface area contributed by atoms with E-state index < -0.39 is 24.7 Å². The molecule has 26 heavy (non-hydrogen) atoms. The first kappa shape index (κ1) is 24.9. The van der Waals surface area contributed by atoms with Crippen LogP contribution < -0.4 is 16.0 Å². The lowest BCUT2D eigenvalue weighted by molar-refractivity contribution is -0.183. The second-order valence-corrected chi connectivity index (χ2v) is 6.13. The highest BCUT2D eigenvalue weighted by Crippen LogP contribution is 2.25. The maximum atomic E-state index is 13.2. The zero-order valence-electron chi connectivity index (χ0n) is 13.8. The number of anilines is 1. The van der Waals surface area contributed by atoms with Gasteiger partial charge in [0, 0.05) is 45.0 Å². The summed E-state index contributed by atoms with van der Waals surface area (Å²) in [4.78, 5) is 28.1. The van der Waals surface area contributed by atoms with Crippen molar-refractivity contribution in [2.75, 3.05) is 38.0 Å². The van der Waals surface area contributed by atoms with Crippen LogP contribution in [0.1, 0.15) is 17.4 Å². The number of thiazole rings is 1. The predicted molar refractivity (Wildman–Crippen MR) is 97.5 cm³/mol. The number of carbonyl (C=O) groups excluding carboxylic acids is 2. The zero-order chi connectivity index (χ0) is 17.7. The maximum absolute atomic E-state index is 13.2. The molecule has 2 rings (SSSR count). The van der Waals surface area contributed by atoms with Crippen molar-refractivity contribution in [3.8, 4) is 0 Å². The summed E-state index contributed by atoms with van der Waals surface area (Å²) in [5.41, 5.74) is -0.0232. The van der Waals surface area contributed by atoms with Gasteiger partial charge in [-0.05, 0) is 0 Å². The average Bonchev–Trinajstić information content (AvgIpc) is 2.94. The molecule has 1 atom stereocenters. The van der Waals surface area contributed by atoms with Crippen molar-refractivity contribution >= 4 is 53.1 Å². The van der Waals surface area contributed by atoms with Gasteiger partial charge >= 0.3 is 6.18 Å². The Morgan fingerprint density at radius 3 is 2.50 bits per heavy atom. The Morgan fingerprint density at radius 2 is 1.96 bits per heavy atom. The van der Waals surface area contributed by atoms with Crippen LogP contribution in [0.2, 0.25) is 0 Å². The number of hydrogen-bond donors (Lipinski definition) is 3. The molecule has 0 saturated carbocycles. The number of nitrogens with zero attached hydrogens (tertiary/aromatic N) is 2. The van der Waals surface area contributed by atoms with Crippen LogP contribution >= 0.6 is 36.2 Å². The first-order chi connectivity index (χ1) is 11.3. The number of halogens is 5. The van der Waals surface area contributed by atoms with E-state index in [1.54, 1.807) is 0 Å². The number of rotatable bonds is 5. The van der Waals surface area contributed by atoms with Crippen LogP contribution in [0.4, 0.5) is 18.3 Å². The minimum atomic E-state index is -4.44. The summed E-state index contributed by atoms with van der Waals surface area (Å²) >= 11 is 1.03. The molecular weight excluding hydrogens is 418 g/mol. The molecule has 150 valence electrons. The van der Waals surface area contributed by atoms with Crippen LogP contribution in [-0.4, -0.2) is 66.6 Å². The van der Waals surface area contributed by atoms with Gasteiger partial charge < -0.3 is 16.0 Å². The summed E-state index contributed by atoms with van der Waals surface area (Å²) < 4.78 is 39.7. The standard InChI is InChI=1S/C13H18F3N5O2S.2ClH/c1-8(22)19-12-20-9(7-24-12)11(23)18-6-10(13(14,15)16)21-4-2-17-3-5-21;;/h7,10,17H,2-6H2,1H3,(H,18,23)(H,19,20,22);2*1H. The van der Waals surface area contributed by atoms with E-state index in [9.17, 15) is 22.8 Å². The maximum Gasteiger partial charge on any atom is 0.405 e. The minimum Gasteiger partial charge on any atom is -0.349 e. The van der Waals surface area contributed by atoms with Gasteiger partial charge in [-0.25, -0.2) is 4.98 Å². The summed E-state index contributed by atoms with van der Waals surface area (Å²) in [6, 6.07) is -1.74. The highest BCUT2D eigenvalue weighted by Gasteiger charge is 2.43. The quantitative estimate of drug-likeness (QED) is 0.649. The Hall–Kier alpha value is -1.14. The van der Waals surface area contributed by atoms with Crippen molar-refractivity contribution in [2.24, 2.45) is 0 Å². The molecule has 1 aromatic heterocycles. The molecule has 0 spiro atoms. The SMILES string of the molecule is CC(=O)Nc1nc(C(=O)NCC(N2CCNCC2)C(F)(F)F)cs1.Cl.Cl. The molecule has 1 saturated heterocycles. The second-order valence-electron chi connectivity index (χ2n) is 5.27. The van der Waals surface area contributed by atoms with Crippen molar-refractivity contribution in [3.05, 3.63) is 11.1 Å². The summed E-state index contributed by atoms with van der Waals surface area (Å²) in [6.45, 7) is 2.24. The Bertz CT molecular complexity index is 597. The van der Waals surface area contributed by atoms with Gasteiger partial charge in [0.15, 0.2) is 5.13 Å². The normalized spacial score (nSPS) is 16.0. The molecule has 0 bridgehead atoms. The van der Waals surface area contributed by atoms with Gasteiger partial charge in [-0.2, -0.15) is 13.2 Å². The van der Waals surface area contributed by atoms with E-state index in [1.165, 1.54) is 17.2 Å². The Kier molecular flexibility index (Phi) is 10.4. The van der Waals surface area contributed by atoms with Crippen molar-refractivity contribution in [3.63, 3.8) is 0 Å². The summed E-state index contributed by atoms with van der Waals surface area (Å²) in [5.74, 6) is -1.04. The van der Waals surface area contributed by atoms with Gasteiger partial charge in [-0.3, -0.25) is 14.5 Å². The fourth-order valence-electron chi connectivity index (χ4n) is 2.31. The monoisotopic (exact) mass is 437 g/mol. The van der Waals surface area contributed by atoms with E-state index in [0.29, 0.717) is 13.1 Å². The second kappa shape index (κ2) is 10.9. The molecule has 1 unspecified atom stereocenters. The van der Waals surface area contributed by atoms with E-state index in [4.69, 9.17) is 0 Å². The third kappa shape index (κ3) is 7.23. The lowest BCUT2D eigenvalue weighted by atomic mass is 10.2. The Morgan fingerprint density at radius 1 is 1.35 bits per heavy atom. The van der Waals surface area contributed by atoms with Crippen molar-refractivity contribution in [2.45, 2.75) is 19.1 Å². The molecule has 2 amide bonds. The molecular formula is C13H20Cl2F3N5O2S. The number of carbonyl (C=O) groups is 2. The smallest absolute Gasteiger partial charge is 0.349 e. The summed E-state index contributed by atoms with van der Waals surface area (Å²) in [5, 5.41) is 9.29. The molecule has 1 aliphatic rings. The average molecular weight is 438 g/mol. The predicted octanol–water partition coefficient (Wildman–Crippen LogP) is 1.51. The summed E-state index contributed by atoms with van der Waals surface area (Å²) in [7, 11) is 0. The number of nitrogens with one attached hydrogen (secondary N) is 3. The van der Waals surface area contributed by atoms with E-state index in [0.717, 1.165) is 11.3 Å². The fraction of sp³-hybridized carbons (Fsp3) is 0.615. The van der Waals surface area contributed by atoms with Gasteiger partial charge in [0.2, 0.25) is 5.91 Å². The van der Waals surface area contributed by atoms with Gasteiger partial charge in [-0.15, -0.1) is 36.2 Å². The van der Waals surface area contributed by atoms with Crippen LogP contribution in [0.25, 0.3) is 0 Å². The third-order valence-corrected chi connectivity index (χ3v) is 4.20. The lowest BCUT2D eigenvalue weighted by Crippen LogP contribution is -2.57. The van der Waals surface area contributed by atoms with E-state index in [1.807, 2.05) is 0 Å². The largest absolute Gasteiger partial charge is 0.405 e. The fourth-order valence-corrected chi connectivity index (χ4v) is 3.05. The molecule has 0 aliphatic carbocycles. The van der Waals surface area contributed by atoms with Crippen molar-refractivity contribution < 1.29 is 22.8 Å². The molecule has 1 aliphatic heterocycles. The van der Waals surface area contributed by atoms with E-state index in [2.05, 4.69) is 20.9 Å². The molecule has 7 nitrogen and oxygen atoms in total. The van der Waals surface area contributed by atoms with Crippen LogP contribution in [0.3, 0.4) is 0 Å². The van der Waals surface area contributed by atoms with Crippen LogP contribution in [-0.2, 0) is 4.79 Å². The molecule has 1 fully saturated rings. The summed E-state index contributed by atoms with van der Waals surface area (Å²) in [6.07, 6.45) is -4.44. The number of alkyl halides is 3. The molecule has 13 heteroatoms.